The van der Waals surface area contributed by atoms with E-state index < -0.39 is 29.2 Å². The summed E-state index contributed by atoms with van der Waals surface area (Å²) >= 11 is 0. The van der Waals surface area contributed by atoms with Gasteiger partial charge in [-0.15, -0.1) is 0 Å². The van der Waals surface area contributed by atoms with Crippen LogP contribution in [0.15, 0.2) is 36.4 Å². The highest BCUT2D eigenvalue weighted by atomic mass is 19.2. The van der Waals surface area contributed by atoms with Gasteiger partial charge >= 0.3 is 0 Å². The van der Waals surface area contributed by atoms with Crippen LogP contribution in [-0.4, -0.2) is 10.2 Å². The van der Waals surface area contributed by atoms with Crippen LogP contribution in [0.5, 0.6) is 23.0 Å². The molecule has 0 saturated heterocycles. The number of rotatable bonds is 1. The van der Waals surface area contributed by atoms with Crippen LogP contribution in [0.2, 0.25) is 0 Å². The van der Waals surface area contributed by atoms with Crippen LogP contribution in [-0.2, 0) is 0 Å². The second-order valence-electron chi connectivity index (χ2n) is 6.27. The van der Waals surface area contributed by atoms with Gasteiger partial charge < -0.3 is 14.9 Å². The average molecular weight is 406 g/mol. The van der Waals surface area contributed by atoms with Crippen molar-refractivity contribution >= 4 is 0 Å². The predicted molar refractivity (Wildman–Crippen MR) is 99.6 cm³/mol. The zero-order valence-electron chi connectivity index (χ0n) is 15.9. The first-order valence-electron chi connectivity index (χ1n) is 8.95. The highest BCUT2D eigenvalue weighted by Crippen LogP contribution is 2.50. The standard InChI is InChI=1S/C20H12F4O3.C2H6/c1-8-15(18(22)20(24)19(23)17(8)21)16-11-4-2-9(25)6-13(11)27-14-7-10(26)3-5-12(14)16;1-2/h2-7,16,25-26H,1H3;1-2H3. The molecular weight excluding hydrogens is 388 g/mol. The molecule has 0 radical (unpaired) electrons. The fourth-order valence-corrected chi connectivity index (χ4v) is 3.40. The molecule has 0 unspecified atom stereocenters. The topological polar surface area (TPSA) is 49.7 Å². The van der Waals surface area contributed by atoms with E-state index in [1.165, 1.54) is 36.4 Å². The summed E-state index contributed by atoms with van der Waals surface area (Å²) in [7, 11) is 0. The number of aromatic hydroxyl groups is 2. The zero-order chi connectivity index (χ0) is 21.5. The van der Waals surface area contributed by atoms with Gasteiger partial charge in [0, 0.05) is 34.7 Å². The fraction of sp³-hybridized carbons (Fsp3) is 0.182. The van der Waals surface area contributed by atoms with Crippen LogP contribution in [0.4, 0.5) is 17.6 Å². The Labute approximate surface area is 164 Å². The Morgan fingerprint density at radius 2 is 1.17 bits per heavy atom. The van der Waals surface area contributed by atoms with Crippen molar-refractivity contribution in [3.63, 3.8) is 0 Å². The first-order valence-corrected chi connectivity index (χ1v) is 8.95. The van der Waals surface area contributed by atoms with Gasteiger partial charge in [0.05, 0.1) is 0 Å². The maximum Gasteiger partial charge on any atom is 0.197 e. The Balaban J connectivity index is 0.00000117. The Kier molecular flexibility index (Phi) is 5.42. The number of halogens is 4. The van der Waals surface area contributed by atoms with Gasteiger partial charge in [0.15, 0.2) is 23.3 Å². The Bertz CT molecular complexity index is 1020. The fourth-order valence-electron chi connectivity index (χ4n) is 3.40. The van der Waals surface area contributed by atoms with E-state index in [0.29, 0.717) is 11.1 Å². The molecule has 0 fully saturated rings. The number of benzene rings is 3. The monoisotopic (exact) mass is 406 g/mol. The maximum atomic E-state index is 14.7. The molecule has 0 aromatic heterocycles. The summed E-state index contributed by atoms with van der Waals surface area (Å²) < 4.78 is 62.1. The highest BCUT2D eigenvalue weighted by molar-refractivity contribution is 5.61. The van der Waals surface area contributed by atoms with Crippen LogP contribution in [0.1, 0.15) is 42.0 Å². The smallest absolute Gasteiger partial charge is 0.197 e. The van der Waals surface area contributed by atoms with Crippen LogP contribution < -0.4 is 4.74 Å². The van der Waals surface area contributed by atoms with Gasteiger partial charge in [-0.3, -0.25) is 0 Å². The number of hydrogen-bond acceptors (Lipinski definition) is 3. The molecule has 3 aromatic carbocycles. The SMILES string of the molecule is CC.Cc1c(F)c(F)c(F)c(F)c1C1c2ccc(O)cc2Oc2cc(O)ccc21. The Morgan fingerprint density at radius 1 is 0.724 bits per heavy atom. The molecule has 1 heterocycles. The summed E-state index contributed by atoms with van der Waals surface area (Å²) in [5, 5.41) is 19.4. The summed E-state index contributed by atoms with van der Waals surface area (Å²) in [5.41, 5.74) is -0.0956. The lowest BCUT2D eigenvalue weighted by molar-refractivity contribution is 0.395. The van der Waals surface area contributed by atoms with Crippen molar-refractivity contribution in [2.24, 2.45) is 0 Å². The van der Waals surface area contributed by atoms with Crippen molar-refractivity contribution in [3.8, 4) is 23.0 Å². The van der Waals surface area contributed by atoms with Gasteiger partial charge in [0.1, 0.15) is 23.0 Å². The second kappa shape index (κ2) is 7.66. The van der Waals surface area contributed by atoms with E-state index in [1.54, 1.807) is 0 Å². The van der Waals surface area contributed by atoms with Crippen LogP contribution in [0.3, 0.4) is 0 Å². The molecule has 3 aromatic rings. The lowest BCUT2D eigenvalue weighted by Gasteiger charge is -2.30. The third kappa shape index (κ3) is 3.26. The number of phenolic OH excluding ortho intramolecular Hbond substituents is 2. The van der Waals surface area contributed by atoms with E-state index in [-0.39, 0.29) is 34.1 Å². The molecule has 29 heavy (non-hydrogen) atoms. The molecule has 1 aliphatic rings. The van der Waals surface area contributed by atoms with Gasteiger partial charge in [-0.2, -0.15) is 0 Å². The van der Waals surface area contributed by atoms with Gasteiger partial charge in [0.25, 0.3) is 0 Å². The summed E-state index contributed by atoms with van der Waals surface area (Å²) in [6.07, 6.45) is 0. The average Bonchev–Trinajstić information content (AvgIpc) is 2.71. The molecule has 0 bridgehead atoms. The first-order chi connectivity index (χ1) is 13.8. The maximum absolute atomic E-state index is 14.7. The minimum Gasteiger partial charge on any atom is -0.508 e. The summed E-state index contributed by atoms with van der Waals surface area (Å²) in [6.45, 7) is 5.16. The number of fused-ring (bicyclic) bond motifs is 2. The van der Waals surface area contributed by atoms with Crippen molar-refractivity contribution in [3.05, 3.63) is 81.9 Å². The largest absolute Gasteiger partial charge is 0.508 e. The molecule has 152 valence electrons. The normalized spacial score (nSPS) is 12.4. The van der Waals surface area contributed by atoms with Gasteiger partial charge in [-0.1, -0.05) is 26.0 Å². The number of phenols is 2. The van der Waals surface area contributed by atoms with Crippen molar-refractivity contribution in [2.45, 2.75) is 26.7 Å². The summed E-state index contributed by atoms with van der Waals surface area (Å²) in [5.74, 6) is -7.81. The summed E-state index contributed by atoms with van der Waals surface area (Å²) in [6, 6.07) is 8.04. The van der Waals surface area contributed by atoms with Gasteiger partial charge in [-0.05, 0) is 24.6 Å². The predicted octanol–water partition coefficient (Wildman–Crippen LogP) is 6.27. The molecule has 7 heteroatoms. The van der Waals surface area contributed by atoms with Crippen molar-refractivity contribution in [1.29, 1.82) is 0 Å². The van der Waals surface area contributed by atoms with E-state index >= 15 is 0 Å². The Hall–Kier alpha value is -3.22. The van der Waals surface area contributed by atoms with E-state index in [0.717, 1.165) is 6.92 Å². The molecule has 0 atom stereocenters. The number of hydrogen-bond donors (Lipinski definition) is 2. The molecule has 0 amide bonds. The third-order valence-electron chi connectivity index (χ3n) is 4.67. The molecule has 1 aliphatic heterocycles. The van der Waals surface area contributed by atoms with Crippen molar-refractivity contribution in [1.82, 2.24) is 0 Å². The molecule has 0 spiro atoms. The van der Waals surface area contributed by atoms with E-state index in [4.69, 9.17) is 4.74 Å². The lowest BCUT2D eigenvalue weighted by Crippen LogP contribution is -2.17. The van der Waals surface area contributed by atoms with Crippen LogP contribution in [0, 0.1) is 30.2 Å². The minimum atomic E-state index is -1.90. The molecule has 0 saturated carbocycles. The molecular formula is C22H18F4O3. The van der Waals surface area contributed by atoms with Crippen molar-refractivity contribution < 1.29 is 32.5 Å². The first kappa shape index (κ1) is 20.5. The number of ether oxygens (including phenoxy) is 1. The molecule has 0 aliphatic carbocycles. The molecule has 3 nitrogen and oxygen atoms in total. The summed E-state index contributed by atoms with van der Waals surface area (Å²) in [4.78, 5) is 0. The van der Waals surface area contributed by atoms with Gasteiger partial charge in [-0.25, -0.2) is 17.6 Å². The lowest BCUT2D eigenvalue weighted by atomic mass is 9.80. The van der Waals surface area contributed by atoms with Crippen LogP contribution >= 0.6 is 0 Å². The van der Waals surface area contributed by atoms with Crippen molar-refractivity contribution in [2.75, 3.05) is 0 Å². The van der Waals surface area contributed by atoms with E-state index in [9.17, 15) is 27.8 Å². The third-order valence-corrected chi connectivity index (χ3v) is 4.67. The van der Waals surface area contributed by atoms with E-state index in [1.807, 2.05) is 13.8 Å². The van der Waals surface area contributed by atoms with Crippen LogP contribution in [0.25, 0.3) is 0 Å². The second-order valence-corrected chi connectivity index (χ2v) is 6.27. The zero-order valence-corrected chi connectivity index (χ0v) is 15.9. The minimum absolute atomic E-state index is 0.127. The van der Waals surface area contributed by atoms with E-state index in [2.05, 4.69) is 0 Å². The molecule has 4 rings (SSSR count). The quantitative estimate of drug-likeness (QED) is 0.222. The molecule has 2 N–H and O–H groups in total. The highest BCUT2D eigenvalue weighted by Gasteiger charge is 2.35. The van der Waals surface area contributed by atoms with Gasteiger partial charge in [0.2, 0.25) is 0 Å². The Morgan fingerprint density at radius 3 is 1.66 bits per heavy atom.